The van der Waals surface area contributed by atoms with E-state index in [-0.39, 0.29) is 5.56 Å². The molecular formula is C10H15ClN2OS. The van der Waals surface area contributed by atoms with E-state index in [1.807, 2.05) is 0 Å². The van der Waals surface area contributed by atoms with Gasteiger partial charge in [-0.15, -0.1) is 11.6 Å². The van der Waals surface area contributed by atoms with Crippen molar-refractivity contribution < 1.29 is 0 Å². The number of hydrogen-bond acceptors (Lipinski definition) is 3. The van der Waals surface area contributed by atoms with Crippen LogP contribution in [0.4, 0.5) is 0 Å². The highest BCUT2D eigenvalue weighted by molar-refractivity contribution is 7.99. The van der Waals surface area contributed by atoms with Crippen LogP contribution >= 0.6 is 23.4 Å². The Bertz CT molecular complexity index is 329. The zero-order chi connectivity index (χ0) is 10.9. The Hall–Kier alpha value is -0.480. The minimum Gasteiger partial charge on any atom is -0.301 e. The van der Waals surface area contributed by atoms with E-state index >= 15 is 0 Å². The van der Waals surface area contributed by atoms with Gasteiger partial charge in [-0.05, 0) is 12.8 Å². The number of unbranched alkanes of at least 4 members (excludes halogenated alkanes) is 3. The van der Waals surface area contributed by atoms with Crippen LogP contribution in [0.5, 0.6) is 0 Å². The zero-order valence-electron chi connectivity index (χ0n) is 8.54. The molecule has 0 saturated heterocycles. The van der Waals surface area contributed by atoms with E-state index in [9.17, 15) is 4.79 Å². The Morgan fingerprint density at radius 2 is 2.13 bits per heavy atom. The van der Waals surface area contributed by atoms with Gasteiger partial charge in [0.25, 0.3) is 5.56 Å². The largest absolute Gasteiger partial charge is 0.301 e. The summed E-state index contributed by atoms with van der Waals surface area (Å²) in [5, 5.41) is 0.708. The van der Waals surface area contributed by atoms with Crippen molar-refractivity contribution in [2.75, 3.05) is 11.6 Å². The lowest BCUT2D eigenvalue weighted by Crippen LogP contribution is -2.05. The van der Waals surface area contributed by atoms with Gasteiger partial charge in [-0.25, -0.2) is 4.98 Å². The molecule has 0 fully saturated rings. The van der Waals surface area contributed by atoms with Gasteiger partial charge in [0.2, 0.25) is 0 Å². The van der Waals surface area contributed by atoms with Gasteiger partial charge in [-0.2, -0.15) is 0 Å². The maximum atomic E-state index is 10.9. The first-order valence-electron chi connectivity index (χ1n) is 5.07. The topological polar surface area (TPSA) is 45.8 Å². The third-order valence-corrected chi connectivity index (χ3v) is 3.16. The van der Waals surface area contributed by atoms with Crippen molar-refractivity contribution in [2.45, 2.75) is 30.8 Å². The molecule has 1 heterocycles. The molecule has 15 heavy (non-hydrogen) atoms. The summed E-state index contributed by atoms with van der Waals surface area (Å²) in [7, 11) is 0. The van der Waals surface area contributed by atoms with Crippen LogP contribution in [-0.2, 0) is 0 Å². The fourth-order valence-electron chi connectivity index (χ4n) is 1.14. The van der Waals surface area contributed by atoms with E-state index in [4.69, 9.17) is 11.6 Å². The molecule has 1 N–H and O–H groups in total. The number of H-pyrrole nitrogens is 1. The molecule has 1 aromatic heterocycles. The van der Waals surface area contributed by atoms with Gasteiger partial charge in [0.05, 0.1) is 0 Å². The maximum absolute atomic E-state index is 10.9. The molecule has 0 aliphatic carbocycles. The van der Waals surface area contributed by atoms with E-state index in [0.29, 0.717) is 5.16 Å². The Morgan fingerprint density at radius 1 is 1.33 bits per heavy atom. The predicted octanol–water partition coefficient (Wildman–Crippen LogP) is 2.66. The Morgan fingerprint density at radius 3 is 2.87 bits per heavy atom. The molecule has 84 valence electrons. The number of halogens is 1. The number of aromatic amines is 1. The fraction of sp³-hybridized carbons (Fsp3) is 0.600. The molecule has 0 spiro atoms. The molecule has 0 atom stereocenters. The minimum atomic E-state index is -0.0883. The Balaban J connectivity index is 2.12. The maximum Gasteiger partial charge on any atom is 0.251 e. The third-order valence-electron chi connectivity index (χ3n) is 1.91. The number of hydrogen-bond donors (Lipinski definition) is 1. The summed E-state index contributed by atoms with van der Waals surface area (Å²) < 4.78 is 0. The molecule has 0 unspecified atom stereocenters. The standard InChI is InChI=1S/C10H15ClN2OS/c11-6-3-1-2-4-8-15-10-12-7-5-9(14)13-10/h5,7H,1-4,6,8H2,(H,12,13,14). The molecule has 0 amide bonds. The van der Waals surface area contributed by atoms with Crippen molar-refractivity contribution in [2.24, 2.45) is 0 Å². The van der Waals surface area contributed by atoms with Crippen molar-refractivity contribution in [3.8, 4) is 0 Å². The lowest BCUT2D eigenvalue weighted by Gasteiger charge is -1.99. The SMILES string of the molecule is O=c1ccnc(SCCCCCCCl)[nH]1. The molecular weight excluding hydrogens is 232 g/mol. The van der Waals surface area contributed by atoms with Crippen LogP contribution in [0.25, 0.3) is 0 Å². The number of nitrogens with one attached hydrogen (secondary N) is 1. The number of alkyl halides is 1. The van der Waals surface area contributed by atoms with Crippen molar-refractivity contribution in [1.82, 2.24) is 9.97 Å². The summed E-state index contributed by atoms with van der Waals surface area (Å²) in [4.78, 5) is 17.7. The molecule has 0 radical (unpaired) electrons. The van der Waals surface area contributed by atoms with Crippen LogP contribution in [0.1, 0.15) is 25.7 Å². The minimum absolute atomic E-state index is 0.0883. The summed E-state index contributed by atoms with van der Waals surface area (Å²) in [6.45, 7) is 0. The normalized spacial score (nSPS) is 10.5. The van der Waals surface area contributed by atoms with Gasteiger partial charge in [0.15, 0.2) is 5.16 Å². The molecule has 0 bridgehead atoms. The van der Waals surface area contributed by atoms with Gasteiger partial charge in [0.1, 0.15) is 0 Å². The summed E-state index contributed by atoms with van der Waals surface area (Å²) in [5.41, 5.74) is -0.0883. The molecule has 0 aliphatic heterocycles. The van der Waals surface area contributed by atoms with E-state index in [2.05, 4.69) is 9.97 Å². The van der Waals surface area contributed by atoms with Crippen LogP contribution in [0.3, 0.4) is 0 Å². The molecule has 0 aliphatic rings. The van der Waals surface area contributed by atoms with Crippen LogP contribution < -0.4 is 5.56 Å². The monoisotopic (exact) mass is 246 g/mol. The quantitative estimate of drug-likeness (QED) is 0.348. The second-order valence-electron chi connectivity index (χ2n) is 3.19. The highest BCUT2D eigenvalue weighted by Crippen LogP contribution is 2.13. The van der Waals surface area contributed by atoms with Gasteiger partial charge in [0, 0.05) is 23.9 Å². The predicted molar refractivity (Wildman–Crippen MR) is 64.8 cm³/mol. The average Bonchev–Trinajstić information content (AvgIpc) is 2.23. The number of thioether (sulfide) groups is 1. The molecule has 1 rings (SSSR count). The van der Waals surface area contributed by atoms with Crippen molar-refractivity contribution in [3.05, 3.63) is 22.6 Å². The summed E-state index contributed by atoms with van der Waals surface area (Å²) >= 11 is 7.17. The summed E-state index contributed by atoms with van der Waals surface area (Å²) in [6, 6.07) is 1.42. The lowest BCUT2D eigenvalue weighted by molar-refractivity contribution is 0.709. The second kappa shape index (κ2) is 7.77. The first-order chi connectivity index (χ1) is 7.33. The fourth-order valence-corrected chi connectivity index (χ4v) is 2.18. The second-order valence-corrected chi connectivity index (χ2v) is 4.65. The number of aromatic nitrogens is 2. The van der Waals surface area contributed by atoms with Gasteiger partial charge >= 0.3 is 0 Å². The van der Waals surface area contributed by atoms with Gasteiger partial charge in [-0.3, -0.25) is 4.79 Å². The van der Waals surface area contributed by atoms with E-state index in [0.717, 1.165) is 24.5 Å². The molecule has 0 saturated carbocycles. The van der Waals surface area contributed by atoms with Crippen LogP contribution in [0, 0.1) is 0 Å². The van der Waals surface area contributed by atoms with E-state index < -0.39 is 0 Å². The Kier molecular flexibility index (Phi) is 6.52. The highest BCUT2D eigenvalue weighted by atomic mass is 35.5. The van der Waals surface area contributed by atoms with Crippen molar-refractivity contribution in [3.63, 3.8) is 0 Å². The average molecular weight is 247 g/mol. The summed E-state index contributed by atoms with van der Waals surface area (Å²) in [6.07, 6.45) is 6.14. The molecule has 0 aromatic carbocycles. The van der Waals surface area contributed by atoms with Crippen LogP contribution in [-0.4, -0.2) is 21.6 Å². The van der Waals surface area contributed by atoms with Crippen LogP contribution in [0.15, 0.2) is 22.2 Å². The Labute approximate surface area is 98.6 Å². The molecule has 3 nitrogen and oxygen atoms in total. The van der Waals surface area contributed by atoms with Crippen LogP contribution in [0.2, 0.25) is 0 Å². The van der Waals surface area contributed by atoms with E-state index in [1.165, 1.54) is 25.1 Å². The van der Waals surface area contributed by atoms with Gasteiger partial charge in [-0.1, -0.05) is 24.6 Å². The highest BCUT2D eigenvalue weighted by Gasteiger charge is 1.96. The van der Waals surface area contributed by atoms with Gasteiger partial charge < -0.3 is 4.98 Å². The lowest BCUT2D eigenvalue weighted by atomic mass is 10.2. The van der Waals surface area contributed by atoms with Crippen molar-refractivity contribution in [1.29, 1.82) is 0 Å². The smallest absolute Gasteiger partial charge is 0.251 e. The number of rotatable bonds is 7. The molecule has 1 aromatic rings. The third kappa shape index (κ3) is 5.85. The van der Waals surface area contributed by atoms with E-state index in [1.54, 1.807) is 11.8 Å². The summed E-state index contributed by atoms with van der Waals surface area (Å²) in [5.74, 6) is 1.75. The zero-order valence-corrected chi connectivity index (χ0v) is 10.1. The van der Waals surface area contributed by atoms with Crippen molar-refractivity contribution >= 4 is 23.4 Å². The molecule has 5 heteroatoms. The first kappa shape index (κ1) is 12.6. The first-order valence-corrected chi connectivity index (χ1v) is 6.59. The number of nitrogens with zero attached hydrogens (tertiary/aromatic N) is 1.